The maximum Gasteiger partial charge on any atom is 0.137 e. The van der Waals surface area contributed by atoms with Crippen LogP contribution in [0, 0.1) is 0 Å². The van der Waals surface area contributed by atoms with Gasteiger partial charge in [-0.15, -0.1) is 11.3 Å². The highest BCUT2D eigenvalue weighted by molar-refractivity contribution is 7.26. The van der Waals surface area contributed by atoms with Crippen LogP contribution in [0.1, 0.15) is 0 Å². The van der Waals surface area contributed by atoms with Crippen molar-refractivity contribution in [3.05, 3.63) is 170 Å². The molecule has 0 saturated heterocycles. The van der Waals surface area contributed by atoms with Crippen LogP contribution in [0.3, 0.4) is 0 Å². The Hall–Kier alpha value is -6.36. The third-order valence-electron chi connectivity index (χ3n) is 10.2. The van der Waals surface area contributed by atoms with E-state index in [1.807, 2.05) is 23.5 Å². The van der Waals surface area contributed by atoms with Crippen LogP contribution in [0.25, 0.3) is 80.4 Å². The molecule has 0 atom stereocenters. The van der Waals surface area contributed by atoms with Crippen LogP contribution in [0.5, 0.6) is 0 Å². The molecule has 3 heterocycles. The quantitative estimate of drug-likeness (QED) is 0.188. The molecule has 4 heteroatoms. The number of aromatic nitrogens is 1. The molecule has 0 fully saturated rings. The van der Waals surface area contributed by atoms with E-state index in [9.17, 15) is 0 Å². The SMILES string of the molecule is c1ccc(-n2c3ccccc3c3c(N(c4ccc5c(c4)oc4ccccc45)c4ccc5c(c4)sc4c6ccccc6ccc54)cccc32)cc1. The molecule has 234 valence electrons. The topological polar surface area (TPSA) is 21.3 Å². The van der Waals surface area contributed by atoms with E-state index in [4.69, 9.17) is 4.42 Å². The van der Waals surface area contributed by atoms with Gasteiger partial charge in [0, 0.05) is 64.8 Å². The van der Waals surface area contributed by atoms with Gasteiger partial charge in [-0.25, -0.2) is 0 Å². The normalized spacial score (nSPS) is 12.0. The third-order valence-corrected chi connectivity index (χ3v) is 11.4. The second kappa shape index (κ2) is 10.6. The van der Waals surface area contributed by atoms with E-state index >= 15 is 0 Å². The van der Waals surface area contributed by atoms with Crippen LogP contribution in [-0.4, -0.2) is 4.57 Å². The Balaban J connectivity index is 1.21. The maximum atomic E-state index is 6.46. The lowest BCUT2D eigenvalue weighted by atomic mass is 10.0. The lowest BCUT2D eigenvalue weighted by molar-refractivity contribution is 0.669. The maximum absolute atomic E-state index is 6.46. The van der Waals surface area contributed by atoms with E-state index in [2.05, 4.69) is 167 Å². The van der Waals surface area contributed by atoms with Crippen LogP contribution in [0.2, 0.25) is 0 Å². The highest BCUT2D eigenvalue weighted by atomic mass is 32.1. The Morgan fingerprint density at radius 1 is 0.460 bits per heavy atom. The first-order chi connectivity index (χ1) is 24.8. The summed E-state index contributed by atoms with van der Waals surface area (Å²) in [5.74, 6) is 0. The summed E-state index contributed by atoms with van der Waals surface area (Å²) >= 11 is 1.88. The van der Waals surface area contributed by atoms with E-state index in [0.717, 1.165) is 44.7 Å². The minimum atomic E-state index is 0.877. The van der Waals surface area contributed by atoms with Crippen molar-refractivity contribution in [2.24, 2.45) is 0 Å². The second-order valence-corrected chi connectivity index (χ2v) is 14.0. The van der Waals surface area contributed by atoms with Crippen molar-refractivity contribution in [3.63, 3.8) is 0 Å². The standard InChI is InChI=1S/C46H28N2OS/c1-2-12-30(13-3-1)48-39-17-8-6-16-38(39)45-40(18-10-19-41(45)48)47(31-22-25-35-34-15-7-9-20-42(34)49-43(35)27-31)32-23-26-36-37-24-21-29-11-4-5-14-33(29)46(37)50-44(36)28-32/h1-28H. The molecule has 11 rings (SSSR count). The van der Waals surface area contributed by atoms with Crippen molar-refractivity contribution < 1.29 is 4.42 Å². The van der Waals surface area contributed by atoms with Crippen LogP contribution in [0.4, 0.5) is 17.1 Å². The molecule has 0 aliphatic rings. The zero-order valence-electron chi connectivity index (χ0n) is 26.9. The summed E-state index contributed by atoms with van der Waals surface area (Å²) in [5, 5.41) is 9.84. The van der Waals surface area contributed by atoms with Gasteiger partial charge in [0.05, 0.1) is 16.7 Å². The summed E-state index contributed by atoms with van der Waals surface area (Å²) in [5.41, 5.74) is 8.54. The van der Waals surface area contributed by atoms with Gasteiger partial charge in [0.15, 0.2) is 0 Å². The molecule has 3 nitrogen and oxygen atoms in total. The van der Waals surface area contributed by atoms with E-state index in [1.54, 1.807) is 0 Å². The molecule has 50 heavy (non-hydrogen) atoms. The van der Waals surface area contributed by atoms with Crippen molar-refractivity contribution in [2.45, 2.75) is 0 Å². The van der Waals surface area contributed by atoms with Crippen LogP contribution < -0.4 is 4.90 Å². The van der Waals surface area contributed by atoms with Gasteiger partial charge in [-0.05, 0) is 71.4 Å². The number of hydrogen-bond donors (Lipinski definition) is 0. The largest absolute Gasteiger partial charge is 0.456 e. The fraction of sp³-hybridized carbons (Fsp3) is 0. The number of para-hydroxylation sites is 3. The third kappa shape index (κ3) is 3.97. The average Bonchev–Trinajstić information content (AvgIpc) is 3.85. The first-order valence-corrected chi connectivity index (χ1v) is 17.7. The Kier molecular flexibility index (Phi) is 5.83. The molecule has 0 amide bonds. The summed E-state index contributed by atoms with van der Waals surface area (Å²) in [6, 6.07) is 61.2. The number of fused-ring (bicyclic) bond motifs is 11. The highest BCUT2D eigenvalue weighted by Gasteiger charge is 2.22. The fourth-order valence-electron chi connectivity index (χ4n) is 7.95. The molecule has 11 aromatic rings. The van der Waals surface area contributed by atoms with Gasteiger partial charge in [-0.2, -0.15) is 0 Å². The molecule has 8 aromatic carbocycles. The van der Waals surface area contributed by atoms with Crippen LogP contribution in [-0.2, 0) is 0 Å². The summed E-state index contributed by atoms with van der Waals surface area (Å²) in [6.45, 7) is 0. The van der Waals surface area contributed by atoms with Gasteiger partial charge in [-0.3, -0.25) is 0 Å². The minimum Gasteiger partial charge on any atom is -0.456 e. The molecule has 0 spiro atoms. The molecule has 0 bridgehead atoms. The van der Waals surface area contributed by atoms with E-state index in [0.29, 0.717) is 0 Å². The van der Waals surface area contributed by atoms with Gasteiger partial charge in [-0.1, -0.05) is 103 Å². The monoisotopic (exact) mass is 656 g/mol. The number of thiophene rings is 1. The number of rotatable bonds is 4. The fourth-order valence-corrected chi connectivity index (χ4v) is 9.23. The molecular weight excluding hydrogens is 629 g/mol. The Bertz CT molecular complexity index is 3110. The molecule has 0 N–H and O–H groups in total. The summed E-state index contributed by atoms with van der Waals surface area (Å²) < 4.78 is 11.4. The summed E-state index contributed by atoms with van der Waals surface area (Å²) in [6.07, 6.45) is 0. The number of nitrogens with zero attached hydrogens (tertiary/aromatic N) is 2. The molecule has 0 saturated carbocycles. The zero-order chi connectivity index (χ0) is 32.8. The summed E-state index contributed by atoms with van der Waals surface area (Å²) in [4.78, 5) is 2.42. The smallest absolute Gasteiger partial charge is 0.137 e. The number of benzene rings is 8. The Morgan fingerprint density at radius 2 is 1.14 bits per heavy atom. The molecular formula is C46H28N2OS. The van der Waals surface area contributed by atoms with Crippen LogP contribution in [0.15, 0.2) is 174 Å². The van der Waals surface area contributed by atoms with Crippen molar-refractivity contribution in [3.8, 4) is 5.69 Å². The van der Waals surface area contributed by atoms with Crippen LogP contribution >= 0.6 is 11.3 Å². The van der Waals surface area contributed by atoms with Gasteiger partial charge in [0.2, 0.25) is 0 Å². The Labute approximate surface area is 291 Å². The number of hydrogen-bond acceptors (Lipinski definition) is 3. The van der Waals surface area contributed by atoms with Gasteiger partial charge in [0.1, 0.15) is 11.2 Å². The van der Waals surface area contributed by atoms with Crippen molar-refractivity contribution in [1.29, 1.82) is 0 Å². The molecule has 3 aromatic heterocycles. The van der Waals surface area contributed by atoms with Crippen molar-refractivity contribution >= 4 is 103 Å². The average molecular weight is 657 g/mol. The molecule has 0 aliphatic heterocycles. The molecule has 0 aliphatic carbocycles. The van der Waals surface area contributed by atoms with Gasteiger partial charge < -0.3 is 13.9 Å². The minimum absolute atomic E-state index is 0.877. The summed E-state index contributed by atoms with van der Waals surface area (Å²) in [7, 11) is 0. The number of anilines is 3. The predicted molar refractivity (Wildman–Crippen MR) is 213 cm³/mol. The molecule has 0 radical (unpaired) electrons. The first-order valence-electron chi connectivity index (χ1n) is 16.9. The van der Waals surface area contributed by atoms with E-state index < -0.39 is 0 Å². The second-order valence-electron chi connectivity index (χ2n) is 12.9. The molecule has 0 unspecified atom stereocenters. The van der Waals surface area contributed by atoms with E-state index in [-0.39, 0.29) is 0 Å². The Morgan fingerprint density at radius 3 is 2.04 bits per heavy atom. The van der Waals surface area contributed by atoms with Crippen molar-refractivity contribution in [1.82, 2.24) is 4.57 Å². The van der Waals surface area contributed by atoms with Gasteiger partial charge in [0.25, 0.3) is 0 Å². The number of furan rings is 1. The van der Waals surface area contributed by atoms with E-state index in [1.165, 1.54) is 52.8 Å². The van der Waals surface area contributed by atoms with Gasteiger partial charge >= 0.3 is 0 Å². The first kappa shape index (κ1) is 27.6. The zero-order valence-corrected chi connectivity index (χ0v) is 27.7. The lowest BCUT2D eigenvalue weighted by Crippen LogP contribution is -2.10. The highest BCUT2D eigenvalue weighted by Crippen LogP contribution is 2.47. The predicted octanol–water partition coefficient (Wildman–Crippen LogP) is 13.7. The lowest BCUT2D eigenvalue weighted by Gasteiger charge is -2.26. The van der Waals surface area contributed by atoms with Crippen molar-refractivity contribution in [2.75, 3.05) is 4.90 Å².